The summed E-state index contributed by atoms with van der Waals surface area (Å²) in [5.41, 5.74) is 0. The molecule has 0 bridgehead atoms. The molecule has 1 aromatic heterocycles. The molecular weight excluding hydrogens is 293 g/mol. The standard InChI is InChI=1S/C15H23Cl2N3/c1-4-7-18-14-11(16)9-12(17)15(19-14)20-8-5-6-13(20)10(2)3/h9-10,13H,4-8H2,1-3H3,(H,18,19). The van der Waals surface area contributed by atoms with Crippen molar-refractivity contribution in [1.29, 1.82) is 0 Å². The normalized spacial score (nSPS) is 18.9. The maximum absolute atomic E-state index is 6.37. The summed E-state index contributed by atoms with van der Waals surface area (Å²) < 4.78 is 0. The Balaban J connectivity index is 2.30. The molecule has 0 spiro atoms. The lowest BCUT2D eigenvalue weighted by Crippen LogP contribution is -2.34. The minimum Gasteiger partial charge on any atom is -0.369 e. The second-order valence-corrected chi connectivity index (χ2v) is 6.51. The van der Waals surface area contributed by atoms with Crippen molar-refractivity contribution in [3.8, 4) is 0 Å². The highest BCUT2D eigenvalue weighted by molar-refractivity contribution is 6.37. The first-order valence-corrected chi connectivity index (χ1v) is 8.16. The Morgan fingerprint density at radius 1 is 1.40 bits per heavy atom. The number of pyridine rings is 1. The van der Waals surface area contributed by atoms with Crippen LogP contribution in [-0.2, 0) is 0 Å². The van der Waals surface area contributed by atoms with E-state index in [1.807, 2.05) is 0 Å². The molecule has 0 saturated carbocycles. The molecule has 0 aromatic carbocycles. The Hall–Kier alpha value is -0.670. The maximum atomic E-state index is 6.37. The molecule has 20 heavy (non-hydrogen) atoms. The summed E-state index contributed by atoms with van der Waals surface area (Å²) in [6.45, 7) is 8.50. The van der Waals surface area contributed by atoms with Gasteiger partial charge in [0.2, 0.25) is 0 Å². The van der Waals surface area contributed by atoms with Gasteiger partial charge in [0.05, 0.1) is 10.0 Å². The van der Waals surface area contributed by atoms with E-state index in [0.29, 0.717) is 22.0 Å². The molecule has 1 aliphatic rings. The Morgan fingerprint density at radius 3 is 2.80 bits per heavy atom. The van der Waals surface area contributed by atoms with E-state index in [1.54, 1.807) is 6.07 Å². The highest BCUT2D eigenvalue weighted by Gasteiger charge is 2.30. The molecule has 2 heterocycles. The van der Waals surface area contributed by atoms with Gasteiger partial charge in [-0.15, -0.1) is 0 Å². The Labute approximate surface area is 131 Å². The van der Waals surface area contributed by atoms with E-state index in [4.69, 9.17) is 23.2 Å². The van der Waals surface area contributed by atoms with Gasteiger partial charge in [-0.2, -0.15) is 0 Å². The summed E-state index contributed by atoms with van der Waals surface area (Å²) in [5, 5.41) is 4.50. The average molecular weight is 316 g/mol. The molecule has 0 aliphatic carbocycles. The average Bonchev–Trinajstić information content (AvgIpc) is 2.87. The van der Waals surface area contributed by atoms with E-state index >= 15 is 0 Å². The van der Waals surface area contributed by atoms with Crippen LogP contribution in [0.25, 0.3) is 0 Å². The third-order valence-electron chi connectivity index (χ3n) is 3.79. The van der Waals surface area contributed by atoms with Crippen LogP contribution in [0.5, 0.6) is 0 Å². The zero-order chi connectivity index (χ0) is 14.7. The van der Waals surface area contributed by atoms with Crippen molar-refractivity contribution in [1.82, 2.24) is 4.98 Å². The molecule has 1 aromatic rings. The summed E-state index contributed by atoms with van der Waals surface area (Å²) in [7, 11) is 0. The third kappa shape index (κ3) is 3.32. The van der Waals surface area contributed by atoms with Gasteiger partial charge in [0.1, 0.15) is 11.6 Å². The molecular formula is C15H23Cl2N3. The predicted octanol–water partition coefficient (Wildman–Crippen LogP) is 4.84. The summed E-state index contributed by atoms with van der Waals surface area (Å²) in [4.78, 5) is 7.01. The lowest BCUT2D eigenvalue weighted by molar-refractivity contribution is 0.490. The fourth-order valence-electron chi connectivity index (χ4n) is 2.77. The quantitative estimate of drug-likeness (QED) is 0.843. The molecule has 112 valence electrons. The van der Waals surface area contributed by atoms with Crippen LogP contribution in [0, 0.1) is 5.92 Å². The van der Waals surface area contributed by atoms with Crippen molar-refractivity contribution in [3.05, 3.63) is 16.1 Å². The maximum Gasteiger partial charge on any atom is 0.150 e. The Morgan fingerprint density at radius 2 is 2.15 bits per heavy atom. The van der Waals surface area contributed by atoms with Crippen LogP contribution < -0.4 is 10.2 Å². The first-order chi connectivity index (χ1) is 9.54. The van der Waals surface area contributed by atoms with E-state index in [1.165, 1.54) is 12.8 Å². The number of rotatable bonds is 5. The summed E-state index contributed by atoms with van der Waals surface area (Å²) in [6.07, 6.45) is 3.44. The summed E-state index contributed by atoms with van der Waals surface area (Å²) >= 11 is 12.6. The molecule has 3 nitrogen and oxygen atoms in total. The van der Waals surface area contributed by atoms with Gasteiger partial charge in [0.25, 0.3) is 0 Å². The first kappa shape index (κ1) is 15.7. The van der Waals surface area contributed by atoms with E-state index in [9.17, 15) is 0 Å². The van der Waals surface area contributed by atoms with Crippen LogP contribution in [0.1, 0.15) is 40.0 Å². The second-order valence-electron chi connectivity index (χ2n) is 5.70. The highest BCUT2D eigenvalue weighted by Crippen LogP contribution is 2.36. The van der Waals surface area contributed by atoms with E-state index < -0.39 is 0 Å². The second kappa shape index (κ2) is 6.86. The zero-order valence-corrected chi connectivity index (χ0v) is 13.9. The fourth-order valence-corrected chi connectivity index (χ4v) is 3.31. The van der Waals surface area contributed by atoms with Crippen molar-refractivity contribution in [2.45, 2.75) is 46.1 Å². The van der Waals surface area contributed by atoms with Crippen LogP contribution in [0.2, 0.25) is 10.0 Å². The monoisotopic (exact) mass is 315 g/mol. The topological polar surface area (TPSA) is 28.2 Å². The molecule has 1 unspecified atom stereocenters. The van der Waals surface area contributed by atoms with Gasteiger partial charge in [-0.1, -0.05) is 44.0 Å². The number of halogens is 2. The SMILES string of the molecule is CCCNc1nc(N2CCCC2C(C)C)c(Cl)cc1Cl. The number of nitrogens with zero attached hydrogens (tertiary/aromatic N) is 2. The van der Waals surface area contributed by atoms with E-state index in [-0.39, 0.29) is 0 Å². The third-order valence-corrected chi connectivity index (χ3v) is 4.36. The minimum atomic E-state index is 0.514. The van der Waals surface area contributed by atoms with Gasteiger partial charge in [-0.05, 0) is 31.2 Å². The van der Waals surface area contributed by atoms with Gasteiger partial charge in [0.15, 0.2) is 0 Å². The van der Waals surface area contributed by atoms with Gasteiger partial charge < -0.3 is 10.2 Å². The molecule has 0 amide bonds. The summed E-state index contributed by atoms with van der Waals surface area (Å²) in [5.74, 6) is 2.20. The van der Waals surface area contributed by atoms with Crippen molar-refractivity contribution >= 4 is 34.8 Å². The molecule has 1 atom stereocenters. The predicted molar refractivity (Wildman–Crippen MR) is 88.2 cm³/mol. The lowest BCUT2D eigenvalue weighted by atomic mass is 10.0. The number of hydrogen-bond donors (Lipinski definition) is 1. The molecule has 0 radical (unpaired) electrons. The molecule has 1 fully saturated rings. The number of hydrogen-bond acceptors (Lipinski definition) is 3. The van der Waals surface area contributed by atoms with E-state index in [2.05, 4.69) is 36.0 Å². The van der Waals surface area contributed by atoms with Gasteiger partial charge >= 0.3 is 0 Å². The number of nitrogens with one attached hydrogen (secondary N) is 1. The smallest absolute Gasteiger partial charge is 0.150 e. The Bertz CT molecular complexity index is 463. The number of anilines is 2. The van der Waals surface area contributed by atoms with Crippen LogP contribution in [-0.4, -0.2) is 24.1 Å². The van der Waals surface area contributed by atoms with Gasteiger partial charge in [-0.3, -0.25) is 0 Å². The van der Waals surface area contributed by atoms with Crippen molar-refractivity contribution in [2.75, 3.05) is 23.3 Å². The van der Waals surface area contributed by atoms with Gasteiger partial charge in [0, 0.05) is 19.1 Å². The zero-order valence-electron chi connectivity index (χ0n) is 12.4. The van der Waals surface area contributed by atoms with E-state index in [0.717, 1.165) is 31.1 Å². The van der Waals surface area contributed by atoms with Gasteiger partial charge in [-0.25, -0.2) is 4.98 Å². The van der Waals surface area contributed by atoms with Crippen molar-refractivity contribution in [3.63, 3.8) is 0 Å². The molecule has 1 aliphatic heterocycles. The largest absolute Gasteiger partial charge is 0.369 e. The van der Waals surface area contributed by atoms with Crippen LogP contribution in [0.4, 0.5) is 11.6 Å². The van der Waals surface area contributed by atoms with Crippen LogP contribution >= 0.6 is 23.2 Å². The van der Waals surface area contributed by atoms with Crippen molar-refractivity contribution in [2.24, 2.45) is 5.92 Å². The van der Waals surface area contributed by atoms with Crippen molar-refractivity contribution < 1.29 is 0 Å². The minimum absolute atomic E-state index is 0.514. The first-order valence-electron chi connectivity index (χ1n) is 7.41. The molecule has 1 N–H and O–H groups in total. The molecule has 1 saturated heterocycles. The summed E-state index contributed by atoms with van der Waals surface area (Å²) in [6, 6.07) is 2.32. The molecule has 2 rings (SSSR count). The van der Waals surface area contributed by atoms with Crippen LogP contribution in [0.3, 0.4) is 0 Å². The highest BCUT2D eigenvalue weighted by atomic mass is 35.5. The fraction of sp³-hybridized carbons (Fsp3) is 0.667. The lowest BCUT2D eigenvalue weighted by Gasteiger charge is -2.29. The molecule has 5 heteroatoms. The number of aromatic nitrogens is 1. The van der Waals surface area contributed by atoms with Crippen LogP contribution in [0.15, 0.2) is 6.07 Å². The Kier molecular flexibility index (Phi) is 5.39.